The van der Waals surface area contributed by atoms with Gasteiger partial charge in [0.2, 0.25) is 0 Å². The van der Waals surface area contributed by atoms with E-state index in [-0.39, 0.29) is 42.0 Å². The van der Waals surface area contributed by atoms with Crippen molar-refractivity contribution in [1.82, 2.24) is 14.8 Å². The third kappa shape index (κ3) is 4.43. The molecule has 0 aliphatic carbocycles. The maximum atomic E-state index is 12.9. The summed E-state index contributed by atoms with van der Waals surface area (Å²) >= 11 is 11.1. The van der Waals surface area contributed by atoms with Crippen molar-refractivity contribution in [3.05, 3.63) is 65.2 Å². The molecule has 1 aromatic heterocycles. The Morgan fingerprint density at radius 2 is 1.70 bits per heavy atom. The number of hydrogen-bond acceptors (Lipinski definition) is 4. The van der Waals surface area contributed by atoms with Crippen LogP contribution >= 0.6 is 11.6 Å². The van der Waals surface area contributed by atoms with Crippen molar-refractivity contribution in [2.24, 2.45) is 0 Å². The van der Waals surface area contributed by atoms with Gasteiger partial charge in [0.15, 0.2) is 5.82 Å². The van der Waals surface area contributed by atoms with Crippen molar-refractivity contribution < 1.29 is 38.7 Å². The zero-order valence-corrected chi connectivity index (χ0v) is 15.8. The maximum absolute atomic E-state index is 12.9. The van der Waals surface area contributed by atoms with Crippen LogP contribution < -0.4 is 34.3 Å². The molecule has 0 unspecified atom stereocenters. The van der Waals surface area contributed by atoms with Crippen molar-refractivity contribution in [3.8, 4) is 11.4 Å². The zero-order valence-electron chi connectivity index (χ0n) is 12.2. The average molecular weight is 358 g/mol. The molecule has 4 nitrogen and oxygen atoms in total. The molecule has 0 saturated heterocycles. The minimum Gasteiger partial charge on any atom is -0.740 e. The number of halogens is 2. The van der Waals surface area contributed by atoms with E-state index in [4.69, 9.17) is 29.0 Å². The molecule has 0 saturated carbocycles. The van der Waals surface area contributed by atoms with Gasteiger partial charge in [0, 0.05) is 15.9 Å². The minimum atomic E-state index is -0.315. The van der Waals surface area contributed by atoms with Gasteiger partial charge in [-0.1, -0.05) is 11.6 Å². The smallest absolute Gasteiger partial charge is 0.740 e. The third-order valence-electron chi connectivity index (χ3n) is 2.97. The third-order valence-corrected chi connectivity index (χ3v) is 3.48. The van der Waals surface area contributed by atoms with Crippen molar-refractivity contribution in [3.63, 3.8) is 0 Å². The van der Waals surface area contributed by atoms with Gasteiger partial charge in [0.05, 0.1) is 0 Å². The van der Waals surface area contributed by atoms with Gasteiger partial charge in [-0.3, -0.25) is 0 Å². The van der Waals surface area contributed by atoms with Gasteiger partial charge in [0.1, 0.15) is 18.2 Å². The Morgan fingerprint density at radius 3 is 2.35 bits per heavy atom. The van der Waals surface area contributed by atoms with Crippen LogP contribution in [0, 0.1) is 5.82 Å². The van der Waals surface area contributed by atoms with Gasteiger partial charge >= 0.3 is 29.6 Å². The predicted octanol–water partition coefficient (Wildman–Crippen LogP) is 0.549. The van der Waals surface area contributed by atoms with Crippen molar-refractivity contribution >= 4 is 24.2 Å². The molecule has 3 rings (SSSR count). The molecule has 0 aliphatic rings. The van der Waals surface area contributed by atoms with Crippen LogP contribution in [0.1, 0.15) is 5.82 Å². The number of nitrogens with zero attached hydrogens (tertiary/aromatic N) is 3. The monoisotopic (exact) mass is 357 g/mol. The minimum absolute atomic E-state index is 0. The van der Waals surface area contributed by atoms with E-state index in [2.05, 4.69) is 10.2 Å². The van der Waals surface area contributed by atoms with E-state index in [1.165, 1.54) is 12.1 Å². The van der Waals surface area contributed by atoms with Crippen LogP contribution in [0.15, 0.2) is 53.7 Å². The largest absolute Gasteiger partial charge is 1.00 e. The summed E-state index contributed by atoms with van der Waals surface area (Å²) in [5.74, 6) is 0.777. The second kappa shape index (κ2) is 8.08. The van der Waals surface area contributed by atoms with Gasteiger partial charge in [-0.2, -0.15) is 5.10 Å². The summed E-state index contributed by atoms with van der Waals surface area (Å²) in [7, 11) is 0. The van der Waals surface area contributed by atoms with E-state index >= 15 is 0 Å². The molecule has 0 spiro atoms. The van der Waals surface area contributed by atoms with E-state index < -0.39 is 0 Å². The summed E-state index contributed by atoms with van der Waals surface area (Å²) in [6.45, 7) is 0.165. The van der Waals surface area contributed by atoms with Gasteiger partial charge in [-0.05, 0) is 48.5 Å². The molecule has 23 heavy (non-hydrogen) atoms. The number of hydrogen-bond donors (Lipinski definition) is 0. The molecule has 0 N–H and O–H groups in total. The van der Waals surface area contributed by atoms with Crippen LogP contribution in [0.2, 0.25) is 5.02 Å². The van der Waals surface area contributed by atoms with Gasteiger partial charge in [-0.25, -0.2) is 4.39 Å². The van der Waals surface area contributed by atoms with Crippen LogP contribution in [-0.4, -0.2) is 14.8 Å². The van der Waals surface area contributed by atoms with Crippen molar-refractivity contribution in [1.29, 1.82) is 0 Å². The van der Waals surface area contributed by atoms with Crippen molar-refractivity contribution in [2.45, 2.75) is 11.8 Å². The molecule has 0 aliphatic heterocycles. The molecule has 0 atom stereocenters. The van der Waals surface area contributed by atoms with Crippen LogP contribution in [0.4, 0.5) is 4.39 Å². The van der Waals surface area contributed by atoms with Crippen LogP contribution in [0.5, 0.6) is 5.75 Å². The van der Waals surface area contributed by atoms with Crippen LogP contribution in [0.3, 0.4) is 0 Å². The average Bonchev–Trinajstić information content (AvgIpc) is 2.89. The summed E-state index contributed by atoms with van der Waals surface area (Å²) in [4.78, 5) is 0. The number of benzene rings is 2. The number of rotatable bonds is 4. The molecule has 0 fully saturated rings. The first kappa shape index (κ1) is 18.2. The second-order valence-corrected chi connectivity index (χ2v) is 5.25. The summed E-state index contributed by atoms with van der Waals surface area (Å²) < 4.78 is 20.2. The summed E-state index contributed by atoms with van der Waals surface area (Å²) in [6.07, 6.45) is 0. The molecule has 0 radical (unpaired) electrons. The molecule has 112 valence electrons. The molecule has 0 amide bonds. The molecule has 3 aromatic rings. The SMILES string of the molecule is Fc1ccc(OCc2nnc([S-])n2-c2ccc(Cl)cc2)cc1.[Na+]. The normalized spacial score (nSPS) is 10.2. The quantitative estimate of drug-likeness (QED) is 0.505. The van der Waals surface area contributed by atoms with Gasteiger partial charge < -0.3 is 21.9 Å². The predicted molar refractivity (Wildman–Crippen MR) is 82.7 cm³/mol. The summed E-state index contributed by atoms with van der Waals surface area (Å²) in [5.41, 5.74) is 0.803. The van der Waals surface area contributed by atoms with E-state index in [9.17, 15) is 4.39 Å². The molecule has 1 heterocycles. The van der Waals surface area contributed by atoms with Gasteiger partial charge in [-0.15, -0.1) is 5.10 Å². The van der Waals surface area contributed by atoms with E-state index in [1.54, 1.807) is 28.8 Å². The second-order valence-electron chi connectivity index (χ2n) is 4.45. The van der Waals surface area contributed by atoms with E-state index in [0.717, 1.165) is 5.69 Å². The molecular formula is C15H10ClFN3NaOS. The summed E-state index contributed by atoms with van der Waals surface area (Å²) in [5, 5.41) is 8.89. The first-order valence-corrected chi connectivity index (χ1v) is 7.18. The Balaban J connectivity index is 0.00000192. The van der Waals surface area contributed by atoms with Crippen LogP contribution in [-0.2, 0) is 19.2 Å². The van der Waals surface area contributed by atoms with E-state index in [1.807, 2.05) is 12.1 Å². The zero-order chi connectivity index (χ0) is 15.5. The fraction of sp³-hybridized carbons (Fsp3) is 0.0667. The van der Waals surface area contributed by atoms with E-state index in [0.29, 0.717) is 21.8 Å². The number of aromatic nitrogens is 3. The fourth-order valence-electron chi connectivity index (χ4n) is 1.92. The molecule has 8 heteroatoms. The molecule has 2 aromatic carbocycles. The Morgan fingerprint density at radius 1 is 1.04 bits per heavy atom. The van der Waals surface area contributed by atoms with Crippen LogP contribution in [0.25, 0.3) is 5.69 Å². The molecule has 0 bridgehead atoms. The first-order chi connectivity index (χ1) is 10.6. The maximum Gasteiger partial charge on any atom is 1.00 e. The van der Waals surface area contributed by atoms with Gasteiger partial charge in [0.25, 0.3) is 0 Å². The summed E-state index contributed by atoms with van der Waals surface area (Å²) in [6, 6.07) is 12.9. The Labute approximate surface area is 165 Å². The first-order valence-electron chi connectivity index (χ1n) is 6.39. The number of ether oxygens (including phenoxy) is 1. The standard InChI is InChI=1S/C15H11ClFN3OS.Na/c16-10-1-5-12(6-2-10)20-14(18-19-15(20)22)9-21-13-7-3-11(17)4-8-13;/h1-8H,9H2,(H,19,22);/q;+1/p-1. The van der Waals surface area contributed by atoms with Crippen molar-refractivity contribution in [2.75, 3.05) is 0 Å². The Hall–Kier alpha value is -1.18. The fourth-order valence-corrected chi connectivity index (χ4v) is 2.30. The molecular weight excluding hydrogens is 348 g/mol. The Kier molecular flexibility index (Phi) is 6.38. The topological polar surface area (TPSA) is 39.9 Å². The Bertz CT molecular complexity index is 780.